The van der Waals surface area contributed by atoms with Crippen molar-refractivity contribution in [1.82, 2.24) is 5.06 Å². The van der Waals surface area contributed by atoms with Gasteiger partial charge in [0.25, 0.3) is 0 Å². The number of hydrogen-bond acceptors (Lipinski definition) is 2. The standard InChI is InChI=1S/C19H35NO/c1-17(2)10-7-11-18(3,4)20(17)21-13-14-8-9-15-12-16(14)19(15,5)6/h14-16H,7-13H2,1-6H3/t14-,15-,16-/m1/s1. The van der Waals surface area contributed by atoms with Crippen LogP contribution in [0.15, 0.2) is 0 Å². The number of nitrogens with zero attached hydrogens (tertiary/aromatic N) is 1. The molecule has 0 unspecified atom stereocenters. The molecule has 3 aliphatic carbocycles. The fraction of sp³-hybridized carbons (Fsp3) is 1.00. The third-order valence-electron chi connectivity index (χ3n) is 7.10. The lowest BCUT2D eigenvalue weighted by Gasteiger charge is -2.60. The average molecular weight is 293 g/mol. The van der Waals surface area contributed by atoms with Crippen molar-refractivity contribution in [2.45, 2.75) is 91.1 Å². The number of fused-ring (bicyclic) bond motifs is 2. The Morgan fingerprint density at radius 3 is 2.10 bits per heavy atom. The molecular weight excluding hydrogens is 258 g/mol. The Labute approximate surface area is 131 Å². The Kier molecular flexibility index (Phi) is 3.73. The minimum atomic E-state index is 0.175. The fourth-order valence-electron chi connectivity index (χ4n) is 5.66. The van der Waals surface area contributed by atoms with Gasteiger partial charge in [-0.2, -0.15) is 5.06 Å². The molecule has 0 amide bonds. The van der Waals surface area contributed by atoms with E-state index in [2.05, 4.69) is 46.6 Å². The summed E-state index contributed by atoms with van der Waals surface area (Å²) in [6.07, 6.45) is 8.07. The minimum Gasteiger partial charge on any atom is -0.298 e. The van der Waals surface area contributed by atoms with Crippen LogP contribution >= 0.6 is 0 Å². The maximum absolute atomic E-state index is 6.47. The van der Waals surface area contributed by atoms with Crippen LogP contribution in [0.3, 0.4) is 0 Å². The van der Waals surface area contributed by atoms with Crippen molar-refractivity contribution in [3.05, 3.63) is 0 Å². The van der Waals surface area contributed by atoms with Gasteiger partial charge < -0.3 is 0 Å². The lowest BCUT2D eigenvalue weighted by Crippen LogP contribution is -2.59. The van der Waals surface area contributed by atoms with Crippen molar-refractivity contribution in [2.75, 3.05) is 6.61 Å². The van der Waals surface area contributed by atoms with E-state index in [4.69, 9.17) is 4.84 Å². The van der Waals surface area contributed by atoms with Crippen molar-refractivity contribution < 1.29 is 4.84 Å². The third kappa shape index (κ3) is 2.57. The van der Waals surface area contributed by atoms with Crippen LogP contribution in [0.5, 0.6) is 0 Å². The summed E-state index contributed by atoms with van der Waals surface area (Å²) in [5.41, 5.74) is 0.918. The van der Waals surface area contributed by atoms with E-state index in [1.165, 1.54) is 38.5 Å². The molecule has 0 spiro atoms. The van der Waals surface area contributed by atoms with Crippen LogP contribution in [-0.2, 0) is 4.84 Å². The van der Waals surface area contributed by atoms with Crippen LogP contribution < -0.4 is 0 Å². The molecule has 0 aromatic carbocycles. The number of rotatable bonds is 3. The molecule has 0 N–H and O–H groups in total. The van der Waals surface area contributed by atoms with E-state index in [0.717, 1.165) is 24.4 Å². The molecule has 3 saturated carbocycles. The summed E-state index contributed by atoms with van der Waals surface area (Å²) < 4.78 is 0. The largest absolute Gasteiger partial charge is 0.298 e. The van der Waals surface area contributed by atoms with Crippen molar-refractivity contribution in [2.24, 2.45) is 23.2 Å². The SMILES string of the molecule is CC1(C)[C@@H]2CC[C@H](CON3C(C)(C)CCCC3(C)C)[C@H]1C2. The highest BCUT2D eigenvalue weighted by Gasteiger charge is 2.54. The first-order chi connectivity index (χ1) is 9.64. The molecule has 3 atom stereocenters. The lowest BCUT2D eigenvalue weighted by atomic mass is 9.46. The second kappa shape index (κ2) is 4.96. The first kappa shape index (κ1) is 15.8. The summed E-state index contributed by atoms with van der Waals surface area (Å²) in [5.74, 6) is 2.66. The molecule has 1 heterocycles. The normalized spacial score (nSPS) is 40.6. The van der Waals surface area contributed by atoms with Gasteiger partial charge in [-0.1, -0.05) is 13.8 Å². The first-order valence-corrected chi connectivity index (χ1v) is 9.08. The van der Waals surface area contributed by atoms with E-state index in [1.807, 2.05) is 0 Å². The van der Waals surface area contributed by atoms with Gasteiger partial charge >= 0.3 is 0 Å². The minimum absolute atomic E-state index is 0.175. The Morgan fingerprint density at radius 1 is 0.952 bits per heavy atom. The Balaban J connectivity index is 1.64. The van der Waals surface area contributed by atoms with Crippen LogP contribution in [0.25, 0.3) is 0 Å². The van der Waals surface area contributed by atoms with Crippen molar-refractivity contribution in [1.29, 1.82) is 0 Å². The van der Waals surface area contributed by atoms with E-state index in [1.54, 1.807) is 0 Å². The number of hydrogen-bond donors (Lipinski definition) is 0. The quantitative estimate of drug-likeness (QED) is 0.723. The van der Waals surface area contributed by atoms with Gasteiger partial charge in [-0.05, 0) is 89.4 Å². The monoisotopic (exact) mass is 293 g/mol. The molecule has 2 heteroatoms. The predicted octanol–water partition coefficient (Wildman–Crippen LogP) is 5.03. The molecule has 4 fully saturated rings. The van der Waals surface area contributed by atoms with Crippen molar-refractivity contribution in [3.63, 3.8) is 0 Å². The van der Waals surface area contributed by atoms with Crippen molar-refractivity contribution in [3.8, 4) is 0 Å². The van der Waals surface area contributed by atoms with Crippen LogP contribution in [0.1, 0.15) is 80.1 Å². The summed E-state index contributed by atoms with van der Waals surface area (Å²) in [4.78, 5) is 6.47. The van der Waals surface area contributed by atoms with E-state index in [9.17, 15) is 0 Å². The van der Waals surface area contributed by atoms with Gasteiger partial charge in [0.05, 0.1) is 6.61 Å². The molecular formula is C19H35NO. The maximum atomic E-state index is 6.47. The highest BCUT2D eigenvalue weighted by molar-refractivity contribution is 5.03. The second-order valence-electron chi connectivity index (χ2n) is 9.77. The maximum Gasteiger partial charge on any atom is 0.0716 e. The number of piperidine rings is 1. The molecule has 2 nitrogen and oxygen atoms in total. The molecule has 4 rings (SSSR count). The van der Waals surface area contributed by atoms with E-state index < -0.39 is 0 Å². The van der Waals surface area contributed by atoms with Crippen LogP contribution in [-0.4, -0.2) is 22.7 Å². The van der Waals surface area contributed by atoms with Gasteiger partial charge in [0.1, 0.15) is 0 Å². The topological polar surface area (TPSA) is 12.5 Å². The summed E-state index contributed by atoms with van der Waals surface area (Å²) in [7, 11) is 0. The Morgan fingerprint density at radius 2 is 1.57 bits per heavy atom. The van der Waals surface area contributed by atoms with E-state index >= 15 is 0 Å². The van der Waals surface area contributed by atoms with Gasteiger partial charge in [0, 0.05) is 11.1 Å². The second-order valence-corrected chi connectivity index (χ2v) is 9.77. The smallest absolute Gasteiger partial charge is 0.0716 e. The summed E-state index contributed by atoms with van der Waals surface area (Å²) >= 11 is 0. The Hall–Kier alpha value is -0.0800. The van der Waals surface area contributed by atoms with Gasteiger partial charge in [-0.25, -0.2) is 0 Å². The van der Waals surface area contributed by atoms with Gasteiger partial charge in [0.15, 0.2) is 0 Å². The summed E-state index contributed by atoms with van der Waals surface area (Å²) in [6, 6.07) is 0. The molecule has 4 aliphatic rings. The van der Waals surface area contributed by atoms with E-state index in [-0.39, 0.29) is 11.1 Å². The number of hydroxylamine groups is 2. The van der Waals surface area contributed by atoms with Crippen molar-refractivity contribution >= 4 is 0 Å². The van der Waals surface area contributed by atoms with E-state index in [0.29, 0.717) is 5.41 Å². The molecule has 1 saturated heterocycles. The zero-order valence-corrected chi connectivity index (χ0v) is 15.0. The molecule has 21 heavy (non-hydrogen) atoms. The summed E-state index contributed by atoms with van der Waals surface area (Å²) in [6.45, 7) is 15.3. The highest BCUT2D eigenvalue weighted by atomic mass is 16.7. The predicted molar refractivity (Wildman–Crippen MR) is 87.9 cm³/mol. The zero-order chi connectivity index (χ0) is 15.5. The highest BCUT2D eigenvalue weighted by Crippen LogP contribution is 2.61. The van der Waals surface area contributed by atoms with Gasteiger partial charge in [-0.15, -0.1) is 0 Å². The first-order valence-electron chi connectivity index (χ1n) is 9.08. The molecule has 2 bridgehead atoms. The fourth-order valence-corrected chi connectivity index (χ4v) is 5.66. The average Bonchev–Trinajstić information content (AvgIpc) is 2.36. The third-order valence-corrected chi connectivity index (χ3v) is 7.10. The molecule has 122 valence electrons. The Bertz CT molecular complexity index is 380. The molecule has 0 aromatic rings. The zero-order valence-electron chi connectivity index (χ0n) is 15.0. The molecule has 0 radical (unpaired) electrons. The summed E-state index contributed by atoms with van der Waals surface area (Å²) in [5, 5.41) is 2.35. The van der Waals surface area contributed by atoms with Crippen LogP contribution in [0, 0.1) is 23.2 Å². The van der Waals surface area contributed by atoms with Gasteiger partial charge in [0.2, 0.25) is 0 Å². The molecule has 1 aliphatic heterocycles. The lowest BCUT2D eigenvalue weighted by molar-refractivity contribution is -0.295. The molecule has 0 aromatic heterocycles. The van der Waals surface area contributed by atoms with Gasteiger partial charge in [-0.3, -0.25) is 4.84 Å². The van der Waals surface area contributed by atoms with Crippen LogP contribution in [0.4, 0.5) is 0 Å². The van der Waals surface area contributed by atoms with Crippen LogP contribution in [0.2, 0.25) is 0 Å².